The number of ether oxygens (including phenoxy) is 1. The first-order valence-electron chi connectivity index (χ1n) is 7.30. The first-order valence-corrected chi connectivity index (χ1v) is 7.30. The lowest BCUT2D eigenvalue weighted by Gasteiger charge is -2.33. The zero-order valence-corrected chi connectivity index (χ0v) is 12.2. The number of carbonyl (C=O) groups is 1. The first-order chi connectivity index (χ1) is 10.7. The number of aromatic nitrogens is 2. The average molecular weight is 298 g/mol. The van der Waals surface area contributed by atoms with Crippen LogP contribution in [-0.2, 0) is 0 Å². The Bertz CT molecular complexity index is 640. The molecule has 1 aliphatic rings. The Morgan fingerprint density at radius 2 is 2.09 bits per heavy atom. The van der Waals surface area contributed by atoms with Gasteiger partial charge in [-0.05, 0) is 24.3 Å². The summed E-state index contributed by atoms with van der Waals surface area (Å²) in [5.41, 5.74) is 5.79. The number of nitrogens with two attached hydrogens (primary N) is 1. The van der Waals surface area contributed by atoms with Gasteiger partial charge in [0.25, 0.3) is 0 Å². The highest BCUT2D eigenvalue weighted by Crippen LogP contribution is 2.22. The summed E-state index contributed by atoms with van der Waals surface area (Å²) in [6.45, 7) is 1.67. The van der Waals surface area contributed by atoms with E-state index in [2.05, 4.69) is 14.9 Å². The maximum absolute atomic E-state index is 11.2. The molecule has 0 radical (unpaired) electrons. The molecule has 2 aromatic rings. The van der Waals surface area contributed by atoms with E-state index in [4.69, 9.17) is 10.5 Å². The molecule has 22 heavy (non-hydrogen) atoms. The normalized spacial score (nSPS) is 15.5. The molecular weight excluding hydrogens is 280 g/mol. The van der Waals surface area contributed by atoms with Crippen LogP contribution >= 0.6 is 0 Å². The quantitative estimate of drug-likeness (QED) is 0.927. The summed E-state index contributed by atoms with van der Waals surface area (Å²) in [5, 5.41) is 0. The number of primary amides is 1. The molecule has 0 aromatic carbocycles. The average Bonchev–Trinajstić information content (AvgIpc) is 2.56. The molecule has 0 saturated carbocycles. The molecule has 6 nitrogen and oxygen atoms in total. The van der Waals surface area contributed by atoms with Crippen molar-refractivity contribution in [3.8, 4) is 5.75 Å². The van der Waals surface area contributed by atoms with Crippen LogP contribution in [0.5, 0.6) is 5.75 Å². The van der Waals surface area contributed by atoms with Crippen molar-refractivity contribution >= 4 is 11.7 Å². The predicted octanol–water partition coefficient (Wildman–Crippen LogP) is 1.62. The van der Waals surface area contributed by atoms with Gasteiger partial charge in [0, 0.05) is 43.9 Å². The van der Waals surface area contributed by atoms with Gasteiger partial charge in [0.15, 0.2) is 0 Å². The highest BCUT2D eigenvalue weighted by atomic mass is 16.5. The lowest BCUT2D eigenvalue weighted by molar-refractivity contribution is 0.1000. The van der Waals surface area contributed by atoms with E-state index in [9.17, 15) is 4.79 Å². The van der Waals surface area contributed by atoms with Crippen LogP contribution in [0.1, 0.15) is 23.2 Å². The van der Waals surface area contributed by atoms with Crippen molar-refractivity contribution in [3.05, 3.63) is 48.4 Å². The zero-order valence-electron chi connectivity index (χ0n) is 12.2. The van der Waals surface area contributed by atoms with Gasteiger partial charge in [-0.25, -0.2) is 4.98 Å². The van der Waals surface area contributed by atoms with E-state index in [1.807, 2.05) is 12.1 Å². The van der Waals surface area contributed by atoms with Gasteiger partial charge in [-0.1, -0.05) is 0 Å². The van der Waals surface area contributed by atoms with Gasteiger partial charge in [0.2, 0.25) is 5.91 Å². The highest BCUT2D eigenvalue weighted by Gasteiger charge is 2.22. The maximum atomic E-state index is 11.2. The fourth-order valence-corrected chi connectivity index (χ4v) is 2.56. The van der Waals surface area contributed by atoms with Crippen molar-refractivity contribution in [2.45, 2.75) is 18.9 Å². The number of piperidine rings is 1. The molecule has 0 aliphatic carbocycles. The summed E-state index contributed by atoms with van der Waals surface area (Å²) in [4.78, 5) is 21.8. The highest BCUT2D eigenvalue weighted by molar-refractivity contribution is 5.93. The molecule has 1 fully saturated rings. The van der Waals surface area contributed by atoms with Crippen molar-refractivity contribution in [2.75, 3.05) is 18.0 Å². The van der Waals surface area contributed by atoms with Crippen molar-refractivity contribution in [1.29, 1.82) is 0 Å². The molecule has 1 aliphatic heterocycles. The summed E-state index contributed by atoms with van der Waals surface area (Å²) < 4.78 is 5.92. The van der Waals surface area contributed by atoms with Crippen molar-refractivity contribution in [2.24, 2.45) is 5.73 Å². The van der Waals surface area contributed by atoms with Gasteiger partial charge >= 0.3 is 0 Å². The van der Waals surface area contributed by atoms with Gasteiger partial charge < -0.3 is 15.4 Å². The van der Waals surface area contributed by atoms with Crippen LogP contribution in [0.4, 0.5) is 5.82 Å². The van der Waals surface area contributed by atoms with Gasteiger partial charge in [0.1, 0.15) is 17.7 Å². The molecule has 0 unspecified atom stereocenters. The zero-order chi connectivity index (χ0) is 15.4. The third-order valence-electron chi connectivity index (χ3n) is 3.73. The van der Waals surface area contributed by atoms with Gasteiger partial charge in [0.05, 0.1) is 6.20 Å². The Morgan fingerprint density at radius 1 is 1.27 bits per heavy atom. The van der Waals surface area contributed by atoms with Crippen molar-refractivity contribution < 1.29 is 9.53 Å². The van der Waals surface area contributed by atoms with Crippen LogP contribution in [0, 0.1) is 0 Å². The second-order valence-corrected chi connectivity index (χ2v) is 5.26. The van der Waals surface area contributed by atoms with Crippen LogP contribution in [-0.4, -0.2) is 35.1 Å². The third-order valence-corrected chi connectivity index (χ3v) is 3.73. The Kier molecular flexibility index (Phi) is 4.18. The molecule has 1 saturated heterocycles. The number of pyridine rings is 2. The van der Waals surface area contributed by atoms with Crippen LogP contribution < -0.4 is 15.4 Å². The monoisotopic (exact) mass is 298 g/mol. The molecule has 2 N–H and O–H groups in total. The van der Waals surface area contributed by atoms with E-state index >= 15 is 0 Å². The van der Waals surface area contributed by atoms with Crippen molar-refractivity contribution in [1.82, 2.24) is 9.97 Å². The smallest absolute Gasteiger partial charge is 0.248 e. The maximum Gasteiger partial charge on any atom is 0.248 e. The number of amides is 1. The Labute approximate surface area is 128 Å². The van der Waals surface area contributed by atoms with Gasteiger partial charge in [-0.15, -0.1) is 0 Å². The number of nitrogens with zero attached hydrogens (tertiary/aromatic N) is 3. The van der Waals surface area contributed by atoms with Crippen LogP contribution in [0.15, 0.2) is 42.9 Å². The minimum absolute atomic E-state index is 0.180. The number of rotatable bonds is 4. The molecule has 2 aromatic heterocycles. The summed E-state index contributed by atoms with van der Waals surface area (Å²) in [5.74, 6) is 1.16. The topological polar surface area (TPSA) is 81.3 Å². The molecule has 3 heterocycles. The predicted molar refractivity (Wildman–Crippen MR) is 82.9 cm³/mol. The Balaban J connectivity index is 1.60. The summed E-state index contributed by atoms with van der Waals surface area (Å²) >= 11 is 0. The molecule has 0 atom stereocenters. The third kappa shape index (κ3) is 3.33. The SMILES string of the molecule is NC(=O)c1ccnc(N2CCC(Oc3cccnc3)CC2)c1. The fourth-order valence-electron chi connectivity index (χ4n) is 2.56. The Morgan fingerprint density at radius 3 is 2.77 bits per heavy atom. The van der Waals surface area contributed by atoms with E-state index in [1.165, 1.54) is 0 Å². The van der Waals surface area contributed by atoms with Crippen LogP contribution in [0.3, 0.4) is 0 Å². The van der Waals surface area contributed by atoms with E-state index in [-0.39, 0.29) is 6.10 Å². The van der Waals surface area contributed by atoms with Gasteiger partial charge in [-0.3, -0.25) is 9.78 Å². The second-order valence-electron chi connectivity index (χ2n) is 5.26. The van der Waals surface area contributed by atoms with E-state index in [0.29, 0.717) is 5.56 Å². The molecule has 6 heteroatoms. The number of hydrogen-bond donors (Lipinski definition) is 1. The summed E-state index contributed by atoms with van der Waals surface area (Å²) in [6.07, 6.45) is 7.05. The second kappa shape index (κ2) is 6.43. The fraction of sp³-hybridized carbons (Fsp3) is 0.312. The first kappa shape index (κ1) is 14.3. The van der Waals surface area contributed by atoms with Gasteiger partial charge in [-0.2, -0.15) is 0 Å². The number of hydrogen-bond acceptors (Lipinski definition) is 5. The van der Waals surface area contributed by atoms with E-state index in [1.54, 1.807) is 30.7 Å². The minimum atomic E-state index is -0.432. The standard InChI is InChI=1S/C16H18N4O2/c17-16(21)12-3-7-19-15(10-12)20-8-4-13(5-9-20)22-14-2-1-6-18-11-14/h1-3,6-7,10-11,13H,4-5,8-9H2,(H2,17,21). The summed E-state index contributed by atoms with van der Waals surface area (Å²) in [7, 11) is 0. The molecule has 1 amide bonds. The molecule has 0 spiro atoms. The lowest BCUT2D eigenvalue weighted by atomic mass is 10.1. The van der Waals surface area contributed by atoms with E-state index in [0.717, 1.165) is 37.5 Å². The number of anilines is 1. The molecule has 114 valence electrons. The minimum Gasteiger partial charge on any atom is -0.489 e. The Hall–Kier alpha value is -2.63. The molecule has 0 bridgehead atoms. The molecule has 3 rings (SSSR count). The largest absolute Gasteiger partial charge is 0.489 e. The van der Waals surface area contributed by atoms with Crippen molar-refractivity contribution in [3.63, 3.8) is 0 Å². The van der Waals surface area contributed by atoms with E-state index < -0.39 is 5.91 Å². The lowest BCUT2D eigenvalue weighted by Crippen LogP contribution is -2.38. The molecular formula is C16H18N4O2. The van der Waals surface area contributed by atoms with Crippen LogP contribution in [0.2, 0.25) is 0 Å². The number of carbonyl (C=O) groups excluding carboxylic acids is 1. The summed E-state index contributed by atoms with van der Waals surface area (Å²) in [6, 6.07) is 7.15. The van der Waals surface area contributed by atoms with Crippen LogP contribution in [0.25, 0.3) is 0 Å².